The summed E-state index contributed by atoms with van der Waals surface area (Å²) in [6.07, 6.45) is 5.77. The lowest BCUT2D eigenvalue weighted by atomic mass is 9.95. The molecule has 0 aliphatic rings. The van der Waals surface area contributed by atoms with Crippen LogP contribution in [0.25, 0.3) is 106 Å². The fraction of sp³-hybridized carbons (Fsp3) is 0. The fourth-order valence-electron chi connectivity index (χ4n) is 8.87. The van der Waals surface area contributed by atoms with Crippen molar-refractivity contribution in [1.29, 1.82) is 0 Å². The minimum Gasteiger partial charge on any atom is -0.309 e. The van der Waals surface area contributed by atoms with Crippen LogP contribution >= 0.6 is 0 Å². The van der Waals surface area contributed by atoms with E-state index in [2.05, 4.69) is 208 Å². The second-order valence-electron chi connectivity index (χ2n) is 15.4. The van der Waals surface area contributed by atoms with Crippen LogP contribution in [-0.2, 0) is 0 Å². The molecule has 0 bridgehead atoms. The number of aromatic nitrogens is 6. The van der Waals surface area contributed by atoms with Gasteiger partial charge in [-0.2, -0.15) is 0 Å². The summed E-state index contributed by atoms with van der Waals surface area (Å²) >= 11 is 0. The molecule has 0 atom stereocenters. The van der Waals surface area contributed by atoms with Gasteiger partial charge in [0.25, 0.3) is 0 Å². The van der Waals surface area contributed by atoms with E-state index in [4.69, 9.17) is 9.97 Å². The van der Waals surface area contributed by atoms with Gasteiger partial charge in [0, 0.05) is 52.0 Å². The molecule has 0 radical (unpaired) electrons. The van der Waals surface area contributed by atoms with Gasteiger partial charge in [-0.3, -0.25) is 8.97 Å². The Balaban J connectivity index is 1.02. The monoisotopic (exact) mass is 780 g/mol. The number of nitrogens with zero attached hydrogens (tertiary/aromatic N) is 6. The molecule has 0 unspecified atom stereocenters. The summed E-state index contributed by atoms with van der Waals surface area (Å²) in [4.78, 5) is 14.3. The zero-order valence-corrected chi connectivity index (χ0v) is 33.0. The molecule has 4 heterocycles. The van der Waals surface area contributed by atoms with Gasteiger partial charge >= 0.3 is 0 Å². The van der Waals surface area contributed by atoms with Crippen molar-refractivity contribution in [3.05, 3.63) is 219 Å². The first-order valence-electron chi connectivity index (χ1n) is 20.5. The Bertz CT molecular complexity index is 3510. The van der Waals surface area contributed by atoms with Gasteiger partial charge in [0.1, 0.15) is 5.82 Å². The molecule has 12 rings (SSSR count). The highest BCUT2D eigenvalue weighted by Gasteiger charge is 2.23. The second-order valence-corrected chi connectivity index (χ2v) is 15.4. The first kappa shape index (κ1) is 34.7. The summed E-state index contributed by atoms with van der Waals surface area (Å²) in [7, 11) is 0. The van der Waals surface area contributed by atoms with E-state index in [1.807, 2.05) is 22.9 Å². The smallest absolute Gasteiger partial charge is 0.234 e. The lowest BCUT2D eigenvalue weighted by Gasteiger charge is -2.15. The quantitative estimate of drug-likeness (QED) is 0.162. The highest BCUT2D eigenvalue weighted by atomic mass is 15.1. The van der Waals surface area contributed by atoms with Gasteiger partial charge in [-0.05, 0) is 106 Å². The predicted octanol–water partition coefficient (Wildman–Crippen LogP) is 13.5. The van der Waals surface area contributed by atoms with Gasteiger partial charge < -0.3 is 4.57 Å². The zero-order valence-electron chi connectivity index (χ0n) is 33.0. The minimum atomic E-state index is 0.694. The molecule has 12 aromatic rings. The molecular formula is C55H36N6. The van der Waals surface area contributed by atoms with Gasteiger partial charge in [-0.25, -0.2) is 15.0 Å². The molecule has 0 fully saturated rings. The van der Waals surface area contributed by atoms with E-state index >= 15 is 0 Å². The van der Waals surface area contributed by atoms with E-state index < -0.39 is 0 Å². The highest BCUT2D eigenvalue weighted by Crippen LogP contribution is 2.45. The lowest BCUT2D eigenvalue weighted by molar-refractivity contribution is 1.10. The number of benzene rings is 8. The van der Waals surface area contributed by atoms with Crippen LogP contribution in [0, 0.1) is 0 Å². The summed E-state index contributed by atoms with van der Waals surface area (Å²) in [6.45, 7) is 0. The summed E-state index contributed by atoms with van der Waals surface area (Å²) < 4.78 is 6.65. The first-order valence-corrected chi connectivity index (χ1v) is 20.5. The Morgan fingerprint density at radius 3 is 1.84 bits per heavy atom. The third kappa shape index (κ3) is 5.92. The third-order valence-corrected chi connectivity index (χ3v) is 11.7. The van der Waals surface area contributed by atoms with E-state index in [0.29, 0.717) is 5.78 Å². The Kier molecular flexibility index (Phi) is 8.06. The number of hydrogen-bond donors (Lipinski definition) is 0. The maximum absolute atomic E-state index is 5.16. The molecule has 61 heavy (non-hydrogen) atoms. The molecule has 0 aliphatic carbocycles. The van der Waals surface area contributed by atoms with Crippen LogP contribution in [0.2, 0.25) is 0 Å². The van der Waals surface area contributed by atoms with Crippen LogP contribution in [-0.4, -0.2) is 28.5 Å². The van der Waals surface area contributed by atoms with Crippen molar-refractivity contribution in [3.63, 3.8) is 0 Å². The molecule has 4 aromatic heterocycles. The second kappa shape index (κ2) is 14.2. The van der Waals surface area contributed by atoms with Crippen molar-refractivity contribution in [2.45, 2.75) is 0 Å². The van der Waals surface area contributed by atoms with E-state index in [-0.39, 0.29) is 0 Å². The maximum atomic E-state index is 5.16. The van der Waals surface area contributed by atoms with Crippen molar-refractivity contribution >= 4 is 38.5 Å². The summed E-state index contributed by atoms with van der Waals surface area (Å²) in [5.74, 6) is 1.60. The SMILES string of the molecule is c1ccc(-c2c(-c3ccccc3)n(-c3ccc(-c4nc5ccccc5n4-c4ccccc4)cc3)c3cc4ccc(-c5ccc(-c6cn7cccnc7n6)cc5)cc4cc23)cc1. The summed E-state index contributed by atoms with van der Waals surface area (Å²) in [5, 5.41) is 3.56. The standard InChI is InChI=1S/C55H36N6/c1-4-13-39(14-5-1)52-47-34-44-33-42(37-21-23-38(24-22-37)49-36-59-32-12-31-56-55(59)58-49)25-26-43(44)35-51(47)60(53(52)40-15-6-2-7-16-40)46-29-27-41(28-30-46)54-57-48-19-10-11-20-50(48)61(54)45-17-8-3-9-18-45/h1-36H. The first-order chi connectivity index (χ1) is 30.2. The van der Waals surface area contributed by atoms with Gasteiger partial charge in [-0.15, -0.1) is 0 Å². The van der Waals surface area contributed by atoms with Crippen molar-refractivity contribution in [2.75, 3.05) is 0 Å². The largest absolute Gasteiger partial charge is 0.309 e. The molecule has 0 amide bonds. The van der Waals surface area contributed by atoms with E-state index in [1.54, 1.807) is 6.20 Å². The average Bonchev–Trinajstić information content (AvgIpc) is 4.04. The molecule has 6 heteroatoms. The van der Waals surface area contributed by atoms with Crippen LogP contribution in [0.4, 0.5) is 0 Å². The normalized spacial score (nSPS) is 11.6. The van der Waals surface area contributed by atoms with E-state index in [9.17, 15) is 0 Å². The topological polar surface area (TPSA) is 52.9 Å². The molecule has 0 spiro atoms. The molecule has 6 nitrogen and oxygen atoms in total. The Hall–Kier alpha value is -8.35. The predicted molar refractivity (Wildman–Crippen MR) is 249 cm³/mol. The number of rotatable bonds is 7. The fourth-order valence-corrected chi connectivity index (χ4v) is 8.87. The molecule has 8 aromatic carbocycles. The van der Waals surface area contributed by atoms with Crippen molar-refractivity contribution in [3.8, 4) is 67.5 Å². The van der Waals surface area contributed by atoms with Gasteiger partial charge in [0.05, 0.1) is 27.9 Å². The van der Waals surface area contributed by atoms with Crippen molar-refractivity contribution < 1.29 is 0 Å². The Morgan fingerprint density at radius 2 is 1.07 bits per heavy atom. The summed E-state index contributed by atoms with van der Waals surface area (Å²) in [5.41, 5.74) is 15.4. The van der Waals surface area contributed by atoms with Crippen LogP contribution in [0.5, 0.6) is 0 Å². The maximum Gasteiger partial charge on any atom is 0.234 e. The molecule has 0 N–H and O–H groups in total. The number of imidazole rings is 2. The van der Waals surface area contributed by atoms with E-state index in [1.165, 1.54) is 27.3 Å². The van der Waals surface area contributed by atoms with Gasteiger partial charge in [-0.1, -0.05) is 127 Å². The number of para-hydroxylation sites is 3. The van der Waals surface area contributed by atoms with Crippen molar-refractivity contribution in [1.82, 2.24) is 28.5 Å². The molecular weight excluding hydrogens is 745 g/mol. The molecule has 0 aliphatic heterocycles. The molecule has 0 saturated heterocycles. The Morgan fingerprint density at radius 1 is 0.410 bits per heavy atom. The van der Waals surface area contributed by atoms with Crippen LogP contribution in [0.1, 0.15) is 0 Å². The summed E-state index contributed by atoms with van der Waals surface area (Å²) in [6, 6.07) is 71.5. The Labute approximate surface area is 351 Å². The number of hydrogen-bond acceptors (Lipinski definition) is 3. The highest BCUT2D eigenvalue weighted by molar-refractivity contribution is 6.11. The molecule has 286 valence electrons. The minimum absolute atomic E-state index is 0.694. The van der Waals surface area contributed by atoms with Crippen LogP contribution in [0.3, 0.4) is 0 Å². The van der Waals surface area contributed by atoms with Crippen molar-refractivity contribution in [2.24, 2.45) is 0 Å². The number of fused-ring (bicyclic) bond motifs is 4. The van der Waals surface area contributed by atoms with Gasteiger partial charge in [0.15, 0.2) is 0 Å². The average molecular weight is 781 g/mol. The lowest BCUT2D eigenvalue weighted by Crippen LogP contribution is -1.99. The van der Waals surface area contributed by atoms with Crippen LogP contribution in [0.15, 0.2) is 219 Å². The van der Waals surface area contributed by atoms with E-state index in [0.717, 1.165) is 73.0 Å². The van der Waals surface area contributed by atoms with Gasteiger partial charge in [0.2, 0.25) is 5.78 Å². The van der Waals surface area contributed by atoms with Crippen LogP contribution < -0.4 is 0 Å². The third-order valence-electron chi connectivity index (χ3n) is 11.7. The zero-order chi connectivity index (χ0) is 40.3. The molecule has 0 saturated carbocycles.